The lowest BCUT2D eigenvalue weighted by molar-refractivity contribution is 0.0918. The maximum absolute atomic E-state index is 12.4. The van der Waals surface area contributed by atoms with Gasteiger partial charge >= 0.3 is 6.03 Å². The molecular formula is C21H25N3O3. The van der Waals surface area contributed by atoms with Crippen LogP contribution in [0.25, 0.3) is 0 Å². The van der Waals surface area contributed by atoms with Crippen LogP contribution in [-0.2, 0) is 6.54 Å². The molecule has 27 heavy (non-hydrogen) atoms. The SMILES string of the molecule is COc1ccccc1CNC(=O)N1CCC(NC(=O)c2ccccc2)CC1. The molecule has 2 N–H and O–H groups in total. The van der Waals surface area contributed by atoms with Gasteiger partial charge in [-0.3, -0.25) is 4.79 Å². The number of carbonyl (C=O) groups excluding carboxylic acids is 2. The van der Waals surface area contributed by atoms with Gasteiger partial charge in [-0.05, 0) is 31.0 Å². The fourth-order valence-electron chi connectivity index (χ4n) is 3.22. The van der Waals surface area contributed by atoms with Crippen LogP contribution in [0.1, 0.15) is 28.8 Å². The number of rotatable bonds is 5. The Bertz CT molecular complexity index is 771. The molecule has 1 saturated heterocycles. The maximum atomic E-state index is 12.4. The molecule has 0 radical (unpaired) electrons. The Balaban J connectivity index is 1.44. The molecule has 0 bridgehead atoms. The number of hydrogen-bond donors (Lipinski definition) is 2. The first kappa shape index (κ1) is 18.8. The van der Waals surface area contributed by atoms with Crippen molar-refractivity contribution in [1.29, 1.82) is 0 Å². The van der Waals surface area contributed by atoms with E-state index in [9.17, 15) is 9.59 Å². The highest BCUT2D eigenvalue weighted by Crippen LogP contribution is 2.17. The van der Waals surface area contributed by atoms with Crippen LogP contribution in [0, 0.1) is 0 Å². The van der Waals surface area contributed by atoms with E-state index in [-0.39, 0.29) is 18.0 Å². The van der Waals surface area contributed by atoms with Crippen LogP contribution in [0.2, 0.25) is 0 Å². The third-order valence-corrected chi connectivity index (χ3v) is 4.78. The maximum Gasteiger partial charge on any atom is 0.317 e. The number of para-hydroxylation sites is 1. The summed E-state index contributed by atoms with van der Waals surface area (Å²) in [5, 5.41) is 6.00. The van der Waals surface area contributed by atoms with Crippen molar-refractivity contribution >= 4 is 11.9 Å². The van der Waals surface area contributed by atoms with Gasteiger partial charge in [0.2, 0.25) is 0 Å². The van der Waals surface area contributed by atoms with E-state index in [1.807, 2.05) is 42.5 Å². The second kappa shape index (κ2) is 9.07. The van der Waals surface area contributed by atoms with Gasteiger partial charge in [-0.25, -0.2) is 4.79 Å². The van der Waals surface area contributed by atoms with Crippen LogP contribution >= 0.6 is 0 Å². The summed E-state index contributed by atoms with van der Waals surface area (Å²) in [4.78, 5) is 26.4. The third-order valence-electron chi connectivity index (χ3n) is 4.78. The fraction of sp³-hybridized carbons (Fsp3) is 0.333. The van der Waals surface area contributed by atoms with Crippen LogP contribution in [-0.4, -0.2) is 43.1 Å². The van der Waals surface area contributed by atoms with Crippen molar-refractivity contribution < 1.29 is 14.3 Å². The lowest BCUT2D eigenvalue weighted by Crippen LogP contribution is -2.49. The average molecular weight is 367 g/mol. The lowest BCUT2D eigenvalue weighted by atomic mass is 10.0. The van der Waals surface area contributed by atoms with Gasteiger partial charge in [0.15, 0.2) is 0 Å². The molecule has 0 spiro atoms. The highest BCUT2D eigenvalue weighted by atomic mass is 16.5. The van der Waals surface area contributed by atoms with Gasteiger partial charge in [0, 0.05) is 36.8 Å². The Morgan fingerprint density at radius 3 is 2.41 bits per heavy atom. The minimum Gasteiger partial charge on any atom is -0.496 e. The third kappa shape index (κ3) is 5.00. The van der Waals surface area contributed by atoms with Crippen molar-refractivity contribution in [2.75, 3.05) is 20.2 Å². The van der Waals surface area contributed by atoms with E-state index >= 15 is 0 Å². The largest absolute Gasteiger partial charge is 0.496 e. The molecular weight excluding hydrogens is 342 g/mol. The summed E-state index contributed by atoms with van der Waals surface area (Å²) in [6.45, 7) is 1.67. The van der Waals surface area contributed by atoms with Crippen molar-refractivity contribution in [2.45, 2.75) is 25.4 Å². The number of carbonyl (C=O) groups is 2. The Labute approximate surface area is 159 Å². The molecule has 2 aromatic carbocycles. The first-order valence-corrected chi connectivity index (χ1v) is 9.18. The second-order valence-electron chi connectivity index (χ2n) is 6.57. The van der Waals surface area contributed by atoms with E-state index in [0.717, 1.165) is 24.2 Å². The number of ether oxygens (including phenoxy) is 1. The predicted octanol–water partition coefficient (Wildman–Crippen LogP) is 2.80. The molecule has 1 aliphatic heterocycles. The van der Waals surface area contributed by atoms with Gasteiger partial charge in [-0.15, -0.1) is 0 Å². The van der Waals surface area contributed by atoms with Gasteiger partial charge in [0.05, 0.1) is 7.11 Å². The van der Waals surface area contributed by atoms with Gasteiger partial charge in [0.1, 0.15) is 5.75 Å². The van der Waals surface area contributed by atoms with Gasteiger partial charge in [0.25, 0.3) is 5.91 Å². The lowest BCUT2D eigenvalue weighted by Gasteiger charge is -2.32. The fourth-order valence-corrected chi connectivity index (χ4v) is 3.22. The standard InChI is InChI=1S/C21H25N3O3/c1-27-19-10-6-5-9-17(19)15-22-21(26)24-13-11-18(12-14-24)23-20(25)16-7-3-2-4-8-16/h2-10,18H,11-15H2,1H3,(H,22,26)(H,23,25). The minimum atomic E-state index is -0.0891. The topological polar surface area (TPSA) is 70.7 Å². The zero-order chi connectivity index (χ0) is 19.1. The Hall–Kier alpha value is -3.02. The summed E-state index contributed by atoms with van der Waals surface area (Å²) in [6, 6.07) is 16.8. The van der Waals surface area contributed by atoms with Crippen LogP contribution in [0.3, 0.4) is 0 Å². The molecule has 0 atom stereocenters. The molecule has 6 nitrogen and oxygen atoms in total. The van der Waals surface area contributed by atoms with Gasteiger partial charge < -0.3 is 20.3 Å². The first-order valence-electron chi connectivity index (χ1n) is 9.18. The summed E-state index contributed by atoms with van der Waals surface area (Å²) in [5.74, 6) is 0.704. The van der Waals surface area contributed by atoms with Crippen molar-refractivity contribution in [3.8, 4) is 5.75 Å². The van der Waals surface area contributed by atoms with E-state index in [0.29, 0.717) is 25.2 Å². The molecule has 0 saturated carbocycles. The van der Waals surface area contributed by atoms with Crippen LogP contribution in [0.4, 0.5) is 4.79 Å². The molecule has 0 aromatic heterocycles. The van der Waals surface area contributed by atoms with E-state index in [4.69, 9.17) is 4.74 Å². The molecule has 1 aliphatic rings. The number of nitrogens with one attached hydrogen (secondary N) is 2. The van der Waals surface area contributed by atoms with Crippen LogP contribution in [0.15, 0.2) is 54.6 Å². The summed E-state index contributed by atoms with van der Waals surface area (Å²) in [5.41, 5.74) is 1.60. The number of urea groups is 1. The predicted molar refractivity (Wildman–Crippen MR) is 104 cm³/mol. The molecule has 1 fully saturated rings. The summed E-state index contributed by atoms with van der Waals surface area (Å²) < 4.78 is 5.31. The van der Waals surface area contributed by atoms with E-state index in [1.165, 1.54) is 0 Å². The zero-order valence-electron chi connectivity index (χ0n) is 15.5. The summed E-state index contributed by atoms with van der Waals surface area (Å²) in [7, 11) is 1.62. The number of benzene rings is 2. The molecule has 6 heteroatoms. The Morgan fingerprint density at radius 1 is 1.04 bits per heavy atom. The number of hydrogen-bond acceptors (Lipinski definition) is 3. The quantitative estimate of drug-likeness (QED) is 0.854. The number of nitrogens with zero attached hydrogens (tertiary/aromatic N) is 1. The summed E-state index contributed by atoms with van der Waals surface area (Å²) in [6.07, 6.45) is 1.50. The Morgan fingerprint density at radius 2 is 1.70 bits per heavy atom. The van der Waals surface area contributed by atoms with E-state index in [2.05, 4.69) is 10.6 Å². The van der Waals surface area contributed by atoms with Gasteiger partial charge in [-0.1, -0.05) is 36.4 Å². The molecule has 3 amide bonds. The van der Waals surface area contributed by atoms with Crippen LogP contribution in [0.5, 0.6) is 5.75 Å². The van der Waals surface area contributed by atoms with Crippen molar-refractivity contribution in [2.24, 2.45) is 0 Å². The van der Waals surface area contributed by atoms with Crippen LogP contribution < -0.4 is 15.4 Å². The smallest absolute Gasteiger partial charge is 0.317 e. The number of likely N-dealkylation sites (tertiary alicyclic amines) is 1. The number of piperidine rings is 1. The summed E-state index contributed by atoms with van der Waals surface area (Å²) >= 11 is 0. The van der Waals surface area contributed by atoms with E-state index < -0.39 is 0 Å². The molecule has 0 unspecified atom stereocenters. The first-order chi connectivity index (χ1) is 13.2. The van der Waals surface area contributed by atoms with Crippen molar-refractivity contribution in [3.63, 3.8) is 0 Å². The normalized spacial score (nSPS) is 14.5. The van der Waals surface area contributed by atoms with Gasteiger partial charge in [-0.2, -0.15) is 0 Å². The minimum absolute atomic E-state index is 0.0605. The molecule has 1 heterocycles. The zero-order valence-corrected chi connectivity index (χ0v) is 15.5. The molecule has 0 aliphatic carbocycles. The second-order valence-corrected chi connectivity index (χ2v) is 6.57. The molecule has 142 valence electrons. The van der Waals surface area contributed by atoms with Crippen molar-refractivity contribution in [3.05, 3.63) is 65.7 Å². The Kier molecular flexibility index (Phi) is 6.30. The molecule has 3 rings (SSSR count). The highest BCUT2D eigenvalue weighted by molar-refractivity contribution is 5.94. The number of amides is 3. The average Bonchev–Trinajstić information content (AvgIpc) is 2.73. The van der Waals surface area contributed by atoms with Crippen molar-refractivity contribution in [1.82, 2.24) is 15.5 Å². The van der Waals surface area contributed by atoms with E-state index in [1.54, 1.807) is 24.1 Å². The monoisotopic (exact) mass is 367 g/mol. The number of methoxy groups -OCH3 is 1. The molecule has 2 aromatic rings. The highest BCUT2D eigenvalue weighted by Gasteiger charge is 2.24.